The molecule has 1 aliphatic carbocycles. The molecule has 3 heterocycles. The third-order valence-corrected chi connectivity index (χ3v) is 7.76. The van der Waals surface area contributed by atoms with Crippen LogP contribution in [0, 0.1) is 0 Å². The lowest BCUT2D eigenvalue weighted by Crippen LogP contribution is -2.53. The molecule has 0 amide bonds. The van der Waals surface area contributed by atoms with Crippen molar-refractivity contribution in [2.24, 2.45) is 0 Å². The fourth-order valence-electron chi connectivity index (χ4n) is 4.83. The molecule has 0 saturated carbocycles. The molecule has 6 nitrogen and oxygen atoms in total. The van der Waals surface area contributed by atoms with E-state index in [-0.39, 0.29) is 11.7 Å². The fourth-order valence-corrected chi connectivity index (χ4v) is 6.08. The summed E-state index contributed by atoms with van der Waals surface area (Å²) in [5, 5.41) is 0.880. The first-order chi connectivity index (χ1) is 14.4. The average molecular weight is 433 g/mol. The van der Waals surface area contributed by atoms with E-state index in [1.807, 2.05) is 13.8 Å². The van der Waals surface area contributed by atoms with Gasteiger partial charge in [0.15, 0.2) is 0 Å². The molecule has 0 radical (unpaired) electrons. The number of hydrogen-bond acceptors (Lipinski definition) is 6. The Labute approximate surface area is 183 Å². The summed E-state index contributed by atoms with van der Waals surface area (Å²) in [7, 11) is 0. The fraction of sp³-hybridized carbons (Fsp3) is 0.739. The van der Waals surface area contributed by atoms with E-state index in [4.69, 9.17) is 4.74 Å². The number of piperazine rings is 1. The van der Waals surface area contributed by atoms with E-state index in [0.717, 1.165) is 49.0 Å². The Morgan fingerprint density at radius 1 is 1.20 bits per heavy atom. The standard InChI is InChI=1S/C23H36N4O2S/c1-16(2)25-9-11-26(12-10-25)18-6-7-19-20(14-18)30-22-21(19)23(28)27(15-24-22)8-5-13-29-17(3)4/h15-18H,5-14H2,1-4H3. The number of ether oxygens (including phenoxy) is 1. The number of fused-ring (bicyclic) bond motifs is 3. The Morgan fingerprint density at radius 3 is 2.67 bits per heavy atom. The van der Waals surface area contributed by atoms with Crippen LogP contribution in [0.5, 0.6) is 0 Å². The highest BCUT2D eigenvalue weighted by molar-refractivity contribution is 7.18. The van der Waals surface area contributed by atoms with Crippen LogP contribution in [-0.4, -0.2) is 70.3 Å². The Hall–Kier alpha value is -1.28. The molecule has 0 bridgehead atoms. The highest BCUT2D eigenvalue weighted by Crippen LogP contribution is 2.35. The molecule has 2 aromatic rings. The van der Waals surface area contributed by atoms with E-state index < -0.39 is 0 Å². The molecule has 166 valence electrons. The molecule has 30 heavy (non-hydrogen) atoms. The molecular formula is C23H36N4O2S. The summed E-state index contributed by atoms with van der Waals surface area (Å²) in [5.74, 6) is 0. The predicted molar refractivity (Wildman–Crippen MR) is 124 cm³/mol. The highest BCUT2D eigenvalue weighted by Gasteiger charge is 2.30. The number of nitrogens with zero attached hydrogens (tertiary/aromatic N) is 4. The zero-order valence-electron chi connectivity index (χ0n) is 18.9. The van der Waals surface area contributed by atoms with E-state index >= 15 is 0 Å². The zero-order valence-corrected chi connectivity index (χ0v) is 19.7. The van der Waals surface area contributed by atoms with Crippen LogP contribution < -0.4 is 5.56 Å². The molecule has 1 atom stereocenters. The Balaban J connectivity index is 1.45. The number of aromatic nitrogens is 2. The summed E-state index contributed by atoms with van der Waals surface area (Å²) < 4.78 is 7.39. The van der Waals surface area contributed by atoms with Gasteiger partial charge < -0.3 is 4.74 Å². The molecule has 1 fully saturated rings. The van der Waals surface area contributed by atoms with Gasteiger partial charge in [0.25, 0.3) is 5.56 Å². The van der Waals surface area contributed by atoms with Crippen molar-refractivity contribution in [3.63, 3.8) is 0 Å². The summed E-state index contributed by atoms with van der Waals surface area (Å²) in [6.45, 7) is 14.6. The SMILES string of the molecule is CC(C)OCCCn1cnc2sc3c(c2c1=O)CCC(N1CCN(C(C)C)CC1)C3. The molecule has 2 aromatic heterocycles. The van der Waals surface area contributed by atoms with E-state index in [2.05, 4.69) is 28.6 Å². The van der Waals surface area contributed by atoms with Gasteiger partial charge in [-0.2, -0.15) is 0 Å². The van der Waals surface area contributed by atoms with Gasteiger partial charge >= 0.3 is 0 Å². The van der Waals surface area contributed by atoms with Crippen LogP contribution in [0.25, 0.3) is 10.2 Å². The van der Waals surface area contributed by atoms with Crippen LogP contribution in [-0.2, 0) is 24.1 Å². The molecular weight excluding hydrogens is 396 g/mol. The van der Waals surface area contributed by atoms with Gasteiger partial charge in [0.05, 0.1) is 17.8 Å². The first-order valence-electron chi connectivity index (χ1n) is 11.5. The highest BCUT2D eigenvalue weighted by atomic mass is 32.1. The van der Waals surface area contributed by atoms with Crippen LogP contribution in [0.1, 0.15) is 51.0 Å². The van der Waals surface area contributed by atoms with Gasteiger partial charge in [0, 0.05) is 56.3 Å². The second-order valence-corrected chi connectivity index (χ2v) is 10.3. The van der Waals surface area contributed by atoms with Crippen molar-refractivity contribution in [3.8, 4) is 0 Å². The molecule has 4 rings (SSSR count). The van der Waals surface area contributed by atoms with E-state index in [1.54, 1.807) is 22.2 Å². The van der Waals surface area contributed by atoms with E-state index in [0.29, 0.717) is 25.2 Å². The van der Waals surface area contributed by atoms with Crippen LogP contribution in [0.15, 0.2) is 11.1 Å². The molecule has 0 aromatic carbocycles. The topological polar surface area (TPSA) is 50.6 Å². The van der Waals surface area contributed by atoms with Crippen molar-refractivity contribution in [3.05, 3.63) is 27.1 Å². The van der Waals surface area contributed by atoms with Gasteiger partial charge in [-0.15, -0.1) is 11.3 Å². The van der Waals surface area contributed by atoms with Crippen molar-refractivity contribution in [1.29, 1.82) is 0 Å². The summed E-state index contributed by atoms with van der Waals surface area (Å²) in [4.78, 5) is 25.3. The maximum atomic E-state index is 13.1. The molecule has 0 spiro atoms. The van der Waals surface area contributed by atoms with Crippen molar-refractivity contribution < 1.29 is 4.74 Å². The largest absolute Gasteiger partial charge is 0.379 e. The Bertz CT molecular complexity index is 912. The molecule has 1 unspecified atom stereocenters. The molecule has 1 saturated heterocycles. The zero-order chi connectivity index (χ0) is 21.3. The smallest absolute Gasteiger partial charge is 0.262 e. The number of hydrogen-bond donors (Lipinski definition) is 0. The third kappa shape index (κ3) is 4.64. The second-order valence-electron chi connectivity index (χ2n) is 9.26. The van der Waals surface area contributed by atoms with Gasteiger partial charge in [0.2, 0.25) is 0 Å². The maximum absolute atomic E-state index is 13.1. The lowest BCUT2D eigenvalue weighted by atomic mass is 9.91. The van der Waals surface area contributed by atoms with Crippen LogP contribution in [0.3, 0.4) is 0 Å². The number of thiophene rings is 1. The first-order valence-corrected chi connectivity index (χ1v) is 12.3. The summed E-state index contributed by atoms with van der Waals surface area (Å²) in [5.41, 5.74) is 1.41. The Morgan fingerprint density at radius 2 is 1.97 bits per heavy atom. The summed E-state index contributed by atoms with van der Waals surface area (Å²) in [6.07, 6.45) is 6.01. The minimum Gasteiger partial charge on any atom is -0.379 e. The molecule has 0 N–H and O–H groups in total. The normalized spacial score (nSPS) is 21.1. The minimum atomic E-state index is 0.131. The lowest BCUT2D eigenvalue weighted by molar-refractivity contribution is 0.0735. The predicted octanol–water partition coefficient (Wildman–Crippen LogP) is 3.16. The van der Waals surface area contributed by atoms with Crippen LogP contribution >= 0.6 is 11.3 Å². The van der Waals surface area contributed by atoms with Gasteiger partial charge in [-0.3, -0.25) is 19.2 Å². The van der Waals surface area contributed by atoms with Crippen LogP contribution in [0.4, 0.5) is 0 Å². The molecule has 7 heteroatoms. The Kier molecular flexibility index (Phi) is 6.92. The van der Waals surface area contributed by atoms with Gasteiger partial charge in [-0.05, 0) is 58.9 Å². The number of aryl methyl sites for hydroxylation is 2. The summed E-state index contributed by atoms with van der Waals surface area (Å²) in [6, 6.07) is 1.24. The quantitative estimate of drug-likeness (QED) is 0.629. The van der Waals surface area contributed by atoms with E-state index in [9.17, 15) is 4.79 Å². The van der Waals surface area contributed by atoms with Crippen molar-refractivity contribution >= 4 is 21.6 Å². The average Bonchev–Trinajstić information content (AvgIpc) is 3.11. The van der Waals surface area contributed by atoms with E-state index in [1.165, 1.54) is 23.5 Å². The maximum Gasteiger partial charge on any atom is 0.262 e. The van der Waals surface area contributed by atoms with Crippen molar-refractivity contribution in [2.75, 3.05) is 32.8 Å². The molecule has 2 aliphatic rings. The van der Waals surface area contributed by atoms with Gasteiger partial charge in [-0.25, -0.2) is 4.98 Å². The second kappa shape index (κ2) is 9.47. The number of rotatable bonds is 7. The minimum absolute atomic E-state index is 0.131. The lowest BCUT2D eigenvalue weighted by Gasteiger charge is -2.42. The monoisotopic (exact) mass is 432 g/mol. The van der Waals surface area contributed by atoms with Crippen molar-refractivity contribution in [1.82, 2.24) is 19.4 Å². The third-order valence-electron chi connectivity index (χ3n) is 6.60. The molecule has 1 aliphatic heterocycles. The van der Waals surface area contributed by atoms with Gasteiger partial charge in [-0.1, -0.05) is 0 Å². The van der Waals surface area contributed by atoms with Gasteiger partial charge in [0.1, 0.15) is 4.83 Å². The first kappa shape index (κ1) is 21.9. The van der Waals surface area contributed by atoms with Crippen LogP contribution in [0.2, 0.25) is 0 Å². The van der Waals surface area contributed by atoms with Crippen molar-refractivity contribution in [2.45, 2.75) is 78.1 Å². The summed E-state index contributed by atoms with van der Waals surface area (Å²) >= 11 is 1.74.